The van der Waals surface area contributed by atoms with Gasteiger partial charge in [-0.05, 0) is 67.0 Å². The van der Waals surface area contributed by atoms with Crippen molar-refractivity contribution in [1.82, 2.24) is 12.7 Å². The fraction of sp³-hybridized carbons (Fsp3) is 0.440. The molecule has 6 nitrogen and oxygen atoms in total. The quantitative estimate of drug-likeness (QED) is 0.221. The number of halogens is 5. The molecule has 1 aliphatic carbocycles. The molecule has 1 aromatic heterocycles. The second kappa shape index (κ2) is 10.0. The largest absolute Gasteiger partial charge is 0.498 e. The lowest BCUT2D eigenvalue weighted by molar-refractivity contribution is -0.0460. The predicted molar refractivity (Wildman–Crippen MR) is 143 cm³/mol. The molecule has 1 saturated heterocycles. The van der Waals surface area contributed by atoms with Gasteiger partial charge in [0.15, 0.2) is 0 Å². The van der Waals surface area contributed by atoms with E-state index in [4.69, 9.17) is 16.6 Å². The Morgan fingerprint density at radius 1 is 1.14 bits per heavy atom. The molecule has 2 heterocycles. The Balaban J connectivity index is 1.50. The number of sulfone groups is 1. The van der Waals surface area contributed by atoms with Crippen LogP contribution in [-0.4, -0.2) is 38.5 Å². The molecule has 12 heteroatoms. The van der Waals surface area contributed by atoms with Crippen LogP contribution in [0.2, 0.25) is 5.02 Å². The number of piperidine rings is 1. The molecule has 0 spiro atoms. The molecule has 3 unspecified atom stereocenters. The second-order valence-electron chi connectivity index (χ2n) is 9.68. The van der Waals surface area contributed by atoms with Crippen LogP contribution in [0.3, 0.4) is 0 Å². The highest BCUT2D eigenvalue weighted by Crippen LogP contribution is 2.43. The van der Waals surface area contributed by atoms with Crippen molar-refractivity contribution < 1.29 is 21.6 Å². The molecule has 0 bridgehead atoms. The van der Waals surface area contributed by atoms with Gasteiger partial charge in [0.1, 0.15) is 11.2 Å². The summed E-state index contributed by atoms with van der Waals surface area (Å²) >= 11 is 7.69. The number of nitrogens with zero attached hydrogens (tertiary/aromatic N) is 4. The molecular formula is C25H23ClF3IN4O2S. The van der Waals surface area contributed by atoms with E-state index in [-0.39, 0.29) is 24.8 Å². The van der Waals surface area contributed by atoms with E-state index in [9.17, 15) is 26.9 Å². The Morgan fingerprint density at radius 2 is 1.81 bits per heavy atom. The zero-order chi connectivity index (χ0) is 26.5. The summed E-state index contributed by atoms with van der Waals surface area (Å²) in [6, 6.07) is 15.1. The molecule has 0 radical (unpaired) electrons. The van der Waals surface area contributed by atoms with E-state index in [1.165, 1.54) is 3.11 Å². The number of benzene rings is 2. The van der Waals surface area contributed by atoms with Crippen molar-refractivity contribution in [3.05, 3.63) is 64.4 Å². The highest BCUT2D eigenvalue weighted by molar-refractivity contribution is 14.1. The minimum Gasteiger partial charge on any atom is -0.327 e. The summed E-state index contributed by atoms with van der Waals surface area (Å²) < 4.78 is 67.8. The Kier molecular flexibility index (Phi) is 7.23. The Labute approximate surface area is 231 Å². The number of rotatable bonds is 6. The van der Waals surface area contributed by atoms with Crippen LogP contribution in [0, 0.1) is 17.2 Å². The minimum absolute atomic E-state index is 0.111. The SMILES string of the molecule is N#CC(c1ccc(Cl)cc1)c1ccc2nc(C3CC3)n(CC3CCN(I)C(S(=O)(=O)C(F)(F)F)C3)c2c1. The third kappa shape index (κ3) is 5.22. The maximum atomic E-state index is 13.3. The van der Waals surface area contributed by atoms with Crippen LogP contribution in [0.15, 0.2) is 42.5 Å². The van der Waals surface area contributed by atoms with Gasteiger partial charge in [0.25, 0.3) is 9.84 Å². The van der Waals surface area contributed by atoms with Gasteiger partial charge in [-0.3, -0.25) is 0 Å². The number of fused-ring (bicyclic) bond motifs is 1. The normalized spacial score (nSPS) is 22.2. The zero-order valence-electron chi connectivity index (χ0n) is 19.5. The molecule has 1 saturated carbocycles. The van der Waals surface area contributed by atoms with E-state index in [1.807, 2.05) is 34.9 Å². The average molecular weight is 663 g/mol. The summed E-state index contributed by atoms with van der Waals surface area (Å²) in [6.07, 6.45) is 2.43. The molecule has 3 atom stereocenters. The number of alkyl halides is 3. The van der Waals surface area contributed by atoms with E-state index < -0.39 is 26.6 Å². The fourth-order valence-electron chi connectivity index (χ4n) is 5.00. The number of imidazole rings is 1. The number of hydrogen-bond acceptors (Lipinski definition) is 5. The molecular weight excluding hydrogens is 640 g/mol. The summed E-state index contributed by atoms with van der Waals surface area (Å²) in [5.41, 5.74) is -2.16. The van der Waals surface area contributed by atoms with Crippen molar-refractivity contribution in [3.8, 4) is 6.07 Å². The Hall–Kier alpha value is -1.88. The van der Waals surface area contributed by atoms with Gasteiger partial charge in [-0.1, -0.05) is 29.8 Å². The molecule has 2 aliphatic rings. The van der Waals surface area contributed by atoms with Gasteiger partial charge < -0.3 is 4.57 Å². The van der Waals surface area contributed by atoms with Crippen LogP contribution in [0.5, 0.6) is 0 Å². The van der Waals surface area contributed by atoms with Gasteiger partial charge in [-0.15, -0.1) is 0 Å². The van der Waals surface area contributed by atoms with Gasteiger partial charge >= 0.3 is 5.51 Å². The lowest BCUT2D eigenvalue weighted by Gasteiger charge is -2.35. The standard InChI is InChI=1S/C25H23ClF3IN4O2S/c26-19-6-3-16(4-7-19)20(13-31)18-5-8-21-22(12-18)33(24(32-21)17-1-2-17)14-15-9-10-34(30)23(11-15)37(35,36)25(27,28)29/h3-8,12,15,17,20,23H,1-2,9-11,14H2. The molecule has 196 valence electrons. The highest BCUT2D eigenvalue weighted by Gasteiger charge is 2.53. The summed E-state index contributed by atoms with van der Waals surface area (Å²) in [6.45, 7) is 0.618. The molecule has 5 rings (SSSR count). The lowest BCUT2D eigenvalue weighted by Crippen LogP contribution is -2.47. The van der Waals surface area contributed by atoms with E-state index in [0.717, 1.165) is 40.8 Å². The van der Waals surface area contributed by atoms with E-state index in [2.05, 4.69) is 6.07 Å². The predicted octanol–water partition coefficient (Wildman–Crippen LogP) is 6.55. The van der Waals surface area contributed by atoms with Crippen LogP contribution in [0.25, 0.3) is 11.0 Å². The number of nitriles is 1. The summed E-state index contributed by atoms with van der Waals surface area (Å²) in [5, 5.41) is 8.90. The van der Waals surface area contributed by atoms with Crippen LogP contribution in [0.1, 0.15) is 54.5 Å². The van der Waals surface area contributed by atoms with Crippen LogP contribution >= 0.6 is 34.5 Å². The first-order valence-corrected chi connectivity index (χ1v) is 14.8. The first-order chi connectivity index (χ1) is 17.5. The van der Waals surface area contributed by atoms with Gasteiger partial charge in [0, 0.05) is 46.9 Å². The molecule has 37 heavy (non-hydrogen) atoms. The summed E-state index contributed by atoms with van der Waals surface area (Å²) in [4.78, 5) is 4.83. The maximum Gasteiger partial charge on any atom is 0.498 e. The lowest BCUT2D eigenvalue weighted by atomic mass is 9.92. The van der Waals surface area contributed by atoms with Crippen LogP contribution in [0.4, 0.5) is 13.2 Å². The fourth-order valence-corrected chi connectivity index (χ4v) is 7.77. The van der Waals surface area contributed by atoms with Crippen molar-refractivity contribution in [2.75, 3.05) is 6.54 Å². The second-order valence-corrected chi connectivity index (χ2v) is 13.4. The third-order valence-corrected chi connectivity index (χ3v) is 10.7. The van der Waals surface area contributed by atoms with Crippen molar-refractivity contribution >= 4 is 55.3 Å². The summed E-state index contributed by atoms with van der Waals surface area (Å²) in [5.74, 6) is 0.352. The Bertz CT molecular complexity index is 1470. The maximum absolute atomic E-state index is 13.3. The van der Waals surface area contributed by atoms with Gasteiger partial charge in [0.2, 0.25) is 0 Å². The van der Waals surface area contributed by atoms with Crippen molar-refractivity contribution in [1.29, 1.82) is 5.26 Å². The Morgan fingerprint density at radius 3 is 2.43 bits per heavy atom. The molecule has 2 fully saturated rings. The first kappa shape index (κ1) is 26.7. The van der Waals surface area contributed by atoms with Gasteiger partial charge in [0.05, 0.1) is 23.0 Å². The van der Waals surface area contributed by atoms with E-state index in [1.54, 1.807) is 35.0 Å². The minimum atomic E-state index is -5.32. The molecule has 0 amide bonds. The number of hydrogen-bond donors (Lipinski definition) is 0. The smallest absolute Gasteiger partial charge is 0.327 e. The van der Waals surface area contributed by atoms with Crippen molar-refractivity contribution in [2.45, 2.75) is 54.9 Å². The molecule has 1 aliphatic heterocycles. The van der Waals surface area contributed by atoms with E-state index in [0.29, 0.717) is 18.0 Å². The summed E-state index contributed by atoms with van der Waals surface area (Å²) in [7, 11) is -5.32. The zero-order valence-corrected chi connectivity index (χ0v) is 23.2. The van der Waals surface area contributed by atoms with Crippen LogP contribution in [-0.2, 0) is 16.4 Å². The van der Waals surface area contributed by atoms with Gasteiger partial charge in [-0.2, -0.15) is 18.4 Å². The topological polar surface area (TPSA) is 79.0 Å². The molecule has 2 aromatic carbocycles. The van der Waals surface area contributed by atoms with Gasteiger partial charge in [-0.25, -0.2) is 16.5 Å². The monoisotopic (exact) mass is 662 g/mol. The average Bonchev–Trinajstić information content (AvgIpc) is 3.63. The van der Waals surface area contributed by atoms with Crippen molar-refractivity contribution in [3.63, 3.8) is 0 Å². The first-order valence-electron chi connectivity index (χ1n) is 11.9. The third-order valence-electron chi connectivity index (χ3n) is 7.13. The van der Waals surface area contributed by atoms with Crippen LogP contribution < -0.4 is 0 Å². The molecule has 3 aromatic rings. The van der Waals surface area contributed by atoms with E-state index >= 15 is 0 Å². The van der Waals surface area contributed by atoms with Crippen molar-refractivity contribution in [2.24, 2.45) is 5.92 Å². The number of aromatic nitrogens is 2. The molecule has 0 N–H and O–H groups in total. The highest BCUT2D eigenvalue weighted by atomic mass is 127.